The maximum Gasteiger partial charge on any atom is 0.326 e. The van der Waals surface area contributed by atoms with Crippen molar-refractivity contribution in [1.82, 2.24) is 15.3 Å². The van der Waals surface area contributed by atoms with Gasteiger partial charge in [0.25, 0.3) is 5.91 Å². The van der Waals surface area contributed by atoms with Gasteiger partial charge in [-0.1, -0.05) is 19.1 Å². The summed E-state index contributed by atoms with van der Waals surface area (Å²) in [5.41, 5.74) is 2.87. The van der Waals surface area contributed by atoms with Gasteiger partial charge in [-0.3, -0.25) is 4.79 Å². The molecule has 1 saturated heterocycles. The van der Waals surface area contributed by atoms with Gasteiger partial charge >= 0.3 is 5.97 Å². The molecule has 0 radical (unpaired) electrons. The Balaban J connectivity index is 1.38. The van der Waals surface area contributed by atoms with Crippen LogP contribution >= 0.6 is 0 Å². The predicted octanol–water partition coefficient (Wildman–Crippen LogP) is 3.42. The van der Waals surface area contributed by atoms with E-state index in [9.17, 15) is 19.8 Å². The van der Waals surface area contributed by atoms with Crippen molar-refractivity contribution in [1.29, 1.82) is 0 Å². The number of benzene rings is 1. The SMILES string of the molecule is CCC(NC(=O)c1nc(CC2CCN(c3ccc(C4CC4)cc3)CC2)nc(C)c1O)C(=O)O. The van der Waals surface area contributed by atoms with E-state index in [1.165, 1.54) is 24.1 Å². The van der Waals surface area contributed by atoms with Gasteiger partial charge in [-0.15, -0.1) is 0 Å². The molecule has 1 aromatic heterocycles. The summed E-state index contributed by atoms with van der Waals surface area (Å²) in [4.78, 5) is 34.9. The van der Waals surface area contributed by atoms with Crippen LogP contribution in [0.15, 0.2) is 24.3 Å². The molecule has 176 valence electrons. The quantitative estimate of drug-likeness (QED) is 0.562. The van der Waals surface area contributed by atoms with Gasteiger partial charge in [0, 0.05) is 25.2 Å². The Bertz CT molecular complexity index is 1010. The molecular weight excluding hydrogens is 420 g/mol. The molecule has 1 aliphatic heterocycles. The maximum atomic E-state index is 12.6. The van der Waals surface area contributed by atoms with Crippen LogP contribution < -0.4 is 10.2 Å². The first-order valence-corrected chi connectivity index (χ1v) is 11.8. The molecule has 8 heteroatoms. The Hall–Kier alpha value is -3.16. The number of rotatable bonds is 8. The van der Waals surface area contributed by atoms with Crippen molar-refractivity contribution in [3.63, 3.8) is 0 Å². The first-order valence-electron chi connectivity index (χ1n) is 11.8. The van der Waals surface area contributed by atoms with Crippen molar-refractivity contribution in [3.05, 3.63) is 47.0 Å². The standard InChI is InChI=1S/C25H32N4O4/c1-3-20(25(32)33)27-24(31)22-23(30)15(2)26-21(28-22)14-16-10-12-29(13-11-16)19-8-6-18(7-9-19)17-4-5-17/h6-9,16-17,20,30H,3-5,10-14H2,1-2H3,(H,27,31)(H,32,33). The molecule has 1 atom stereocenters. The molecule has 2 fully saturated rings. The number of carboxylic acids is 1. The number of aromatic hydroxyl groups is 1. The fourth-order valence-corrected chi connectivity index (χ4v) is 4.47. The van der Waals surface area contributed by atoms with Crippen LogP contribution in [0.4, 0.5) is 5.69 Å². The Morgan fingerprint density at radius 2 is 1.79 bits per heavy atom. The van der Waals surface area contributed by atoms with Crippen molar-refractivity contribution in [2.75, 3.05) is 18.0 Å². The van der Waals surface area contributed by atoms with Crippen molar-refractivity contribution < 1.29 is 19.8 Å². The van der Waals surface area contributed by atoms with E-state index in [4.69, 9.17) is 0 Å². The lowest BCUT2D eigenvalue weighted by Crippen LogP contribution is -2.40. The minimum atomic E-state index is -1.12. The van der Waals surface area contributed by atoms with Crippen LogP contribution in [-0.4, -0.2) is 51.2 Å². The number of carbonyl (C=O) groups is 2. The van der Waals surface area contributed by atoms with Gasteiger partial charge in [-0.05, 0) is 68.6 Å². The van der Waals surface area contributed by atoms with Crippen LogP contribution in [0.3, 0.4) is 0 Å². The van der Waals surface area contributed by atoms with Crippen molar-refractivity contribution in [2.45, 2.75) is 64.3 Å². The van der Waals surface area contributed by atoms with Crippen molar-refractivity contribution in [2.24, 2.45) is 5.92 Å². The van der Waals surface area contributed by atoms with E-state index < -0.39 is 17.9 Å². The maximum absolute atomic E-state index is 12.6. The lowest BCUT2D eigenvalue weighted by Gasteiger charge is -2.33. The fraction of sp³-hybridized carbons (Fsp3) is 0.520. The number of piperidine rings is 1. The molecule has 8 nitrogen and oxygen atoms in total. The number of anilines is 1. The highest BCUT2D eigenvalue weighted by Gasteiger charge is 2.26. The van der Waals surface area contributed by atoms with Crippen LogP contribution in [-0.2, 0) is 11.2 Å². The largest absolute Gasteiger partial charge is 0.504 e. The van der Waals surface area contributed by atoms with E-state index in [2.05, 4.69) is 44.5 Å². The number of nitrogens with one attached hydrogen (secondary N) is 1. The second kappa shape index (κ2) is 9.77. The Labute approximate surface area is 194 Å². The normalized spacial score (nSPS) is 17.6. The molecule has 2 aliphatic rings. The number of nitrogens with zero attached hydrogens (tertiary/aromatic N) is 3. The van der Waals surface area contributed by atoms with Crippen LogP contribution in [0.5, 0.6) is 5.75 Å². The number of amides is 1. The van der Waals surface area contributed by atoms with Crippen molar-refractivity contribution >= 4 is 17.6 Å². The molecule has 1 aliphatic carbocycles. The summed E-state index contributed by atoms with van der Waals surface area (Å²) in [6, 6.07) is 7.94. The van der Waals surface area contributed by atoms with Gasteiger partial charge in [0.1, 0.15) is 11.9 Å². The second-order valence-corrected chi connectivity index (χ2v) is 9.20. The molecule has 0 spiro atoms. The van der Waals surface area contributed by atoms with E-state index in [-0.39, 0.29) is 17.9 Å². The van der Waals surface area contributed by atoms with Crippen LogP contribution in [0.25, 0.3) is 0 Å². The number of carboxylic acid groups (broad SMARTS) is 1. The van der Waals surface area contributed by atoms with E-state index >= 15 is 0 Å². The monoisotopic (exact) mass is 452 g/mol. The topological polar surface area (TPSA) is 116 Å². The smallest absolute Gasteiger partial charge is 0.326 e. The highest BCUT2D eigenvalue weighted by Crippen LogP contribution is 2.40. The molecule has 1 amide bonds. The molecule has 3 N–H and O–H groups in total. The molecule has 0 bridgehead atoms. The van der Waals surface area contributed by atoms with E-state index in [0.29, 0.717) is 23.9 Å². The molecule has 1 saturated carbocycles. The molecule has 1 aromatic carbocycles. The van der Waals surface area contributed by atoms with E-state index in [1.807, 2.05) is 0 Å². The zero-order valence-corrected chi connectivity index (χ0v) is 19.3. The van der Waals surface area contributed by atoms with Gasteiger partial charge in [-0.2, -0.15) is 0 Å². The Morgan fingerprint density at radius 3 is 2.36 bits per heavy atom. The number of aliphatic carboxylic acids is 1. The van der Waals surface area contributed by atoms with Crippen LogP contribution in [0.2, 0.25) is 0 Å². The van der Waals surface area contributed by atoms with E-state index in [0.717, 1.165) is 31.8 Å². The summed E-state index contributed by atoms with van der Waals surface area (Å²) < 4.78 is 0. The zero-order chi connectivity index (χ0) is 23.5. The molecule has 1 unspecified atom stereocenters. The summed E-state index contributed by atoms with van der Waals surface area (Å²) in [6.45, 7) is 5.20. The summed E-state index contributed by atoms with van der Waals surface area (Å²) in [5, 5.41) is 21.9. The third-order valence-electron chi connectivity index (χ3n) is 6.72. The Morgan fingerprint density at radius 1 is 1.12 bits per heavy atom. The number of hydrogen-bond donors (Lipinski definition) is 3. The van der Waals surface area contributed by atoms with Crippen LogP contribution in [0, 0.1) is 12.8 Å². The first kappa shape index (κ1) is 23.0. The third-order valence-corrected chi connectivity index (χ3v) is 6.72. The molecule has 4 rings (SSSR count). The first-order chi connectivity index (χ1) is 15.9. The minimum absolute atomic E-state index is 0.162. The predicted molar refractivity (Wildman–Crippen MR) is 125 cm³/mol. The summed E-state index contributed by atoms with van der Waals surface area (Å²) in [6.07, 6.45) is 5.46. The average molecular weight is 453 g/mol. The summed E-state index contributed by atoms with van der Waals surface area (Å²) in [5.74, 6) is -0.466. The molecule has 2 aromatic rings. The van der Waals surface area contributed by atoms with Gasteiger partial charge in [0.2, 0.25) is 0 Å². The average Bonchev–Trinajstić information content (AvgIpc) is 3.65. The van der Waals surface area contributed by atoms with E-state index in [1.54, 1.807) is 13.8 Å². The highest BCUT2D eigenvalue weighted by atomic mass is 16.4. The lowest BCUT2D eigenvalue weighted by atomic mass is 9.92. The number of aryl methyl sites for hydroxylation is 1. The van der Waals surface area contributed by atoms with Gasteiger partial charge < -0.3 is 20.4 Å². The number of carbonyl (C=O) groups excluding carboxylic acids is 1. The number of aromatic nitrogens is 2. The zero-order valence-electron chi connectivity index (χ0n) is 19.3. The van der Waals surface area contributed by atoms with Crippen LogP contribution in [0.1, 0.15) is 72.5 Å². The lowest BCUT2D eigenvalue weighted by molar-refractivity contribution is -0.139. The van der Waals surface area contributed by atoms with Gasteiger partial charge in [0.15, 0.2) is 11.4 Å². The number of hydrogen-bond acceptors (Lipinski definition) is 6. The van der Waals surface area contributed by atoms with Crippen molar-refractivity contribution in [3.8, 4) is 5.75 Å². The van der Waals surface area contributed by atoms with Gasteiger partial charge in [-0.25, -0.2) is 14.8 Å². The minimum Gasteiger partial charge on any atom is -0.504 e. The summed E-state index contributed by atoms with van der Waals surface area (Å²) in [7, 11) is 0. The molecule has 33 heavy (non-hydrogen) atoms. The second-order valence-electron chi connectivity index (χ2n) is 9.20. The third kappa shape index (κ3) is 5.43. The molecule has 2 heterocycles. The molecular formula is C25H32N4O4. The summed E-state index contributed by atoms with van der Waals surface area (Å²) >= 11 is 0. The fourth-order valence-electron chi connectivity index (χ4n) is 4.47. The van der Waals surface area contributed by atoms with Gasteiger partial charge in [0.05, 0.1) is 5.69 Å². The highest BCUT2D eigenvalue weighted by molar-refractivity contribution is 5.97. The Kier molecular flexibility index (Phi) is 6.81.